The van der Waals surface area contributed by atoms with Crippen LogP contribution in [-0.4, -0.2) is 36.9 Å². The average molecular weight is 440 g/mol. The van der Waals surface area contributed by atoms with Gasteiger partial charge in [0.05, 0.1) is 20.8 Å². The van der Waals surface area contributed by atoms with E-state index in [9.17, 15) is 4.79 Å². The van der Waals surface area contributed by atoms with Crippen molar-refractivity contribution in [3.8, 4) is 22.9 Å². The molecular formula is C24H29N3O5. The van der Waals surface area contributed by atoms with Crippen molar-refractivity contribution in [1.29, 1.82) is 0 Å². The molecule has 0 aliphatic heterocycles. The van der Waals surface area contributed by atoms with Crippen LogP contribution in [0.25, 0.3) is 11.4 Å². The second-order valence-electron chi connectivity index (χ2n) is 7.44. The number of rotatable bonds is 11. The molecule has 0 unspecified atom stereocenters. The van der Waals surface area contributed by atoms with E-state index >= 15 is 0 Å². The largest absolute Gasteiger partial charge is 0.493 e. The van der Waals surface area contributed by atoms with Gasteiger partial charge in [-0.2, -0.15) is 4.98 Å². The topological polar surface area (TPSA) is 95.7 Å². The van der Waals surface area contributed by atoms with Crippen LogP contribution < -0.4 is 14.8 Å². The van der Waals surface area contributed by atoms with Crippen molar-refractivity contribution in [3.05, 3.63) is 60.0 Å². The van der Waals surface area contributed by atoms with E-state index in [1.54, 1.807) is 26.4 Å². The van der Waals surface area contributed by atoms with Gasteiger partial charge in [0.1, 0.15) is 12.6 Å². The maximum absolute atomic E-state index is 12.5. The summed E-state index contributed by atoms with van der Waals surface area (Å²) >= 11 is 0. The van der Waals surface area contributed by atoms with Crippen LogP contribution in [0.2, 0.25) is 0 Å². The Kier molecular flexibility index (Phi) is 8.21. The van der Waals surface area contributed by atoms with Gasteiger partial charge in [-0.25, -0.2) is 0 Å². The van der Waals surface area contributed by atoms with Crippen molar-refractivity contribution in [2.45, 2.75) is 32.9 Å². The minimum Gasteiger partial charge on any atom is -0.493 e. The lowest BCUT2D eigenvalue weighted by Crippen LogP contribution is -2.35. The second kappa shape index (κ2) is 11.3. The van der Waals surface area contributed by atoms with E-state index in [0.717, 1.165) is 17.5 Å². The summed E-state index contributed by atoms with van der Waals surface area (Å²) in [4.78, 5) is 17.0. The molecule has 2 aromatic carbocycles. The Morgan fingerprint density at radius 2 is 1.84 bits per heavy atom. The van der Waals surface area contributed by atoms with Gasteiger partial charge in [0.2, 0.25) is 17.6 Å². The van der Waals surface area contributed by atoms with Crippen molar-refractivity contribution >= 4 is 5.91 Å². The van der Waals surface area contributed by atoms with E-state index < -0.39 is 6.04 Å². The van der Waals surface area contributed by atoms with Gasteiger partial charge in [-0.15, -0.1) is 0 Å². The van der Waals surface area contributed by atoms with Crippen LogP contribution in [0, 0.1) is 5.92 Å². The molecule has 0 saturated carbocycles. The van der Waals surface area contributed by atoms with E-state index in [2.05, 4.69) is 15.5 Å². The molecule has 0 spiro atoms. The van der Waals surface area contributed by atoms with E-state index in [1.165, 1.54) is 0 Å². The van der Waals surface area contributed by atoms with E-state index in [-0.39, 0.29) is 18.4 Å². The summed E-state index contributed by atoms with van der Waals surface area (Å²) in [5, 5.41) is 7.07. The monoisotopic (exact) mass is 439 g/mol. The Hall–Kier alpha value is -3.39. The highest BCUT2D eigenvalue weighted by molar-refractivity contribution is 5.77. The Bertz CT molecular complexity index is 1010. The van der Waals surface area contributed by atoms with Gasteiger partial charge in [-0.3, -0.25) is 4.79 Å². The van der Waals surface area contributed by atoms with Gasteiger partial charge in [-0.05, 0) is 29.7 Å². The molecule has 3 aromatic rings. The molecule has 0 saturated heterocycles. The van der Waals surface area contributed by atoms with Crippen LogP contribution in [0.1, 0.15) is 37.8 Å². The van der Waals surface area contributed by atoms with Crippen molar-refractivity contribution in [2.24, 2.45) is 5.92 Å². The molecule has 8 nitrogen and oxygen atoms in total. The number of carbonyl (C=O) groups is 1. The first-order valence-electron chi connectivity index (χ1n) is 10.5. The van der Waals surface area contributed by atoms with Crippen LogP contribution >= 0.6 is 0 Å². The lowest BCUT2D eigenvalue weighted by Gasteiger charge is -2.20. The normalized spacial score (nSPS) is 12.8. The van der Waals surface area contributed by atoms with E-state index in [1.807, 2.05) is 50.2 Å². The number of nitrogens with one attached hydrogen (secondary N) is 1. The summed E-state index contributed by atoms with van der Waals surface area (Å²) in [5.41, 5.74) is 1.73. The highest BCUT2D eigenvalue weighted by Crippen LogP contribution is 2.32. The van der Waals surface area contributed by atoms with Crippen LogP contribution in [0.5, 0.6) is 11.5 Å². The molecule has 2 atom stereocenters. The molecule has 1 heterocycles. The molecular weight excluding hydrogens is 410 g/mol. The minimum atomic E-state index is -0.422. The average Bonchev–Trinajstić information content (AvgIpc) is 3.32. The third-order valence-electron chi connectivity index (χ3n) is 5.22. The van der Waals surface area contributed by atoms with Crippen LogP contribution in [0.15, 0.2) is 53.1 Å². The Morgan fingerprint density at radius 3 is 2.53 bits per heavy atom. The molecule has 0 aliphatic carbocycles. The second-order valence-corrected chi connectivity index (χ2v) is 7.44. The number of hydrogen-bond acceptors (Lipinski definition) is 7. The summed E-state index contributed by atoms with van der Waals surface area (Å²) < 4.78 is 21.7. The van der Waals surface area contributed by atoms with E-state index in [0.29, 0.717) is 29.8 Å². The van der Waals surface area contributed by atoms with Crippen molar-refractivity contribution in [1.82, 2.24) is 15.5 Å². The number of methoxy groups -OCH3 is 2. The molecule has 1 N–H and O–H groups in total. The Labute approximate surface area is 187 Å². The lowest BCUT2D eigenvalue weighted by atomic mass is 9.99. The first-order valence-corrected chi connectivity index (χ1v) is 10.5. The highest BCUT2D eigenvalue weighted by atomic mass is 16.5. The van der Waals surface area contributed by atoms with Gasteiger partial charge in [0, 0.05) is 5.56 Å². The van der Waals surface area contributed by atoms with Crippen LogP contribution in [0.3, 0.4) is 0 Å². The molecule has 1 aromatic heterocycles. The van der Waals surface area contributed by atoms with Crippen molar-refractivity contribution in [3.63, 3.8) is 0 Å². The summed E-state index contributed by atoms with van der Waals surface area (Å²) in [6.07, 6.45) is 0.823. The third-order valence-corrected chi connectivity index (χ3v) is 5.22. The maximum atomic E-state index is 12.5. The minimum absolute atomic E-state index is 0.0570. The van der Waals surface area contributed by atoms with Gasteiger partial charge < -0.3 is 24.1 Å². The predicted molar refractivity (Wildman–Crippen MR) is 119 cm³/mol. The van der Waals surface area contributed by atoms with Crippen molar-refractivity contribution < 1.29 is 23.5 Å². The zero-order chi connectivity index (χ0) is 22.9. The maximum Gasteiger partial charge on any atom is 0.249 e. The standard InChI is InChI=1S/C24H29N3O5/c1-5-16(2)22(25-21(28)15-31-14-17-9-7-6-8-10-17)24-26-23(27-32-24)18-11-12-19(29-3)20(13-18)30-4/h6-13,16,22H,5,14-15H2,1-4H3,(H,25,28)/t16-,22-/m0/s1. The van der Waals surface area contributed by atoms with Gasteiger partial charge in [-0.1, -0.05) is 55.8 Å². The molecule has 3 rings (SSSR count). The number of ether oxygens (including phenoxy) is 3. The first-order chi connectivity index (χ1) is 15.5. The number of aromatic nitrogens is 2. The summed E-state index contributed by atoms with van der Waals surface area (Å²) in [5.74, 6) is 1.78. The molecule has 170 valence electrons. The number of nitrogens with zero attached hydrogens (tertiary/aromatic N) is 2. The van der Waals surface area contributed by atoms with Gasteiger partial charge in [0.25, 0.3) is 0 Å². The fourth-order valence-electron chi connectivity index (χ4n) is 3.19. The number of amides is 1. The first kappa shape index (κ1) is 23.3. The van der Waals surface area contributed by atoms with E-state index in [4.69, 9.17) is 18.7 Å². The third kappa shape index (κ3) is 5.85. The number of carbonyl (C=O) groups excluding carboxylic acids is 1. The fraction of sp³-hybridized carbons (Fsp3) is 0.375. The lowest BCUT2D eigenvalue weighted by molar-refractivity contribution is -0.127. The Balaban J connectivity index is 1.68. The zero-order valence-electron chi connectivity index (χ0n) is 18.8. The zero-order valence-corrected chi connectivity index (χ0v) is 18.8. The fourth-order valence-corrected chi connectivity index (χ4v) is 3.19. The summed E-state index contributed by atoms with van der Waals surface area (Å²) in [6, 6.07) is 14.7. The summed E-state index contributed by atoms with van der Waals surface area (Å²) in [7, 11) is 3.14. The number of benzene rings is 2. The smallest absolute Gasteiger partial charge is 0.249 e. The summed E-state index contributed by atoms with van der Waals surface area (Å²) in [6.45, 7) is 4.38. The highest BCUT2D eigenvalue weighted by Gasteiger charge is 2.26. The Morgan fingerprint density at radius 1 is 1.09 bits per heavy atom. The van der Waals surface area contributed by atoms with Gasteiger partial charge >= 0.3 is 0 Å². The predicted octanol–water partition coefficient (Wildman–Crippen LogP) is 4.17. The number of hydrogen-bond donors (Lipinski definition) is 1. The molecule has 8 heteroatoms. The molecule has 0 radical (unpaired) electrons. The van der Waals surface area contributed by atoms with Crippen LogP contribution in [-0.2, 0) is 16.1 Å². The molecule has 32 heavy (non-hydrogen) atoms. The molecule has 1 amide bonds. The SMILES string of the molecule is CC[C@H](C)[C@H](NC(=O)COCc1ccccc1)c1nc(-c2ccc(OC)c(OC)c2)no1. The van der Waals surface area contributed by atoms with Crippen LogP contribution in [0.4, 0.5) is 0 Å². The quantitative estimate of drug-likeness (QED) is 0.479. The van der Waals surface area contributed by atoms with Crippen molar-refractivity contribution in [2.75, 3.05) is 20.8 Å². The molecule has 0 fully saturated rings. The molecule has 0 bridgehead atoms. The van der Waals surface area contributed by atoms with Gasteiger partial charge in [0.15, 0.2) is 11.5 Å². The molecule has 0 aliphatic rings.